The maximum absolute atomic E-state index is 12.3. The van der Waals surface area contributed by atoms with Gasteiger partial charge in [0.2, 0.25) is 0 Å². The number of hydrogen-bond donors (Lipinski definition) is 0. The molecule has 0 unspecified atom stereocenters. The molecule has 0 saturated carbocycles. The van der Waals surface area contributed by atoms with Crippen LogP contribution in [0.2, 0.25) is 16.6 Å². The van der Waals surface area contributed by atoms with Gasteiger partial charge in [0.05, 0.1) is 5.60 Å². The lowest BCUT2D eigenvalue weighted by Crippen LogP contribution is -2.48. The molecule has 1 heterocycles. The minimum atomic E-state index is -1.79. The van der Waals surface area contributed by atoms with E-state index in [2.05, 4.69) is 55.4 Å². The molecule has 1 aliphatic heterocycles. The highest BCUT2D eigenvalue weighted by molar-refractivity contribution is 6.77. The fourth-order valence-electron chi connectivity index (χ4n) is 5.56. The Morgan fingerprint density at radius 3 is 1.84 bits per heavy atom. The summed E-state index contributed by atoms with van der Waals surface area (Å²) < 4.78 is 18.5. The Balaban J connectivity index is 2.40. The van der Waals surface area contributed by atoms with Crippen molar-refractivity contribution in [3.05, 3.63) is 0 Å². The van der Waals surface area contributed by atoms with Gasteiger partial charge in [-0.25, -0.2) is 4.79 Å². The molecule has 0 atom stereocenters. The zero-order valence-corrected chi connectivity index (χ0v) is 24.0. The highest BCUT2D eigenvalue weighted by atomic mass is 28.4. The third-order valence-electron chi connectivity index (χ3n) is 6.89. The van der Waals surface area contributed by atoms with Gasteiger partial charge in [-0.15, -0.1) is 0 Å². The van der Waals surface area contributed by atoms with E-state index in [1.54, 1.807) is 0 Å². The summed E-state index contributed by atoms with van der Waals surface area (Å²) in [6, 6.07) is 0. The minimum Gasteiger partial charge on any atom is -0.444 e. The molecule has 32 heavy (non-hydrogen) atoms. The summed E-state index contributed by atoms with van der Waals surface area (Å²) in [7, 11) is -1.79. The van der Waals surface area contributed by atoms with Crippen LogP contribution in [0.1, 0.15) is 102 Å². The van der Waals surface area contributed by atoms with Crippen LogP contribution < -0.4 is 0 Å². The number of hydrogen-bond acceptors (Lipinski definition) is 4. The van der Waals surface area contributed by atoms with E-state index in [0.29, 0.717) is 22.5 Å². The Hall–Kier alpha value is -0.593. The Morgan fingerprint density at radius 2 is 1.41 bits per heavy atom. The number of amides is 1. The Bertz CT molecular complexity index is 539. The zero-order valence-electron chi connectivity index (χ0n) is 23.0. The molecule has 1 saturated heterocycles. The van der Waals surface area contributed by atoms with Gasteiger partial charge in [0.15, 0.2) is 8.32 Å². The first-order chi connectivity index (χ1) is 14.6. The van der Waals surface area contributed by atoms with Crippen LogP contribution in [0.25, 0.3) is 0 Å². The van der Waals surface area contributed by atoms with Gasteiger partial charge >= 0.3 is 6.09 Å². The first kappa shape index (κ1) is 29.4. The smallest absolute Gasteiger partial charge is 0.410 e. The molecule has 0 bridgehead atoms. The molecule has 1 amide bonds. The topological polar surface area (TPSA) is 48.0 Å². The van der Waals surface area contributed by atoms with E-state index in [0.717, 1.165) is 52.0 Å². The van der Waals surface area contributed by atoms with Crippen molar-refractivity contribution in [1.29, 1.82) is 0 Å². The number of carbonyl (C=O) groups is 1. The van der Waals surface area contributed by atoms with E-state index in [1.165, 1.54) is 0 Å². The molecule has 0 aromatic rings. The predicted molar refractivity (Wildman–Crippen MR) is 137 cm³/mol. The van der Waals surface area contributed by atoms with Crippen molar-refractivity contribution in [2.45, 2.75) is 130 Å². The second-order valence-electron chi connectivity index (χ2n) is 12.2. The molecule has 0 spiro atoms. The van der Waals surface area contributed by atoms with Gasteiger partial charge in [-0.3, -0.25) is 0 Å². The second kappa shape index (κ2) is 12.2. The molecule has 6 heteroatoms. The molecular formula is C26H53NO4Si. The summed E-state index contributed by atoms with van der Waals surface area (Å²) in [6.07, 6.45) is 3.82. The fourth-order valence-corrected chi connectivity index (χ4v) is 11.1. The summed E-state index contributed by atoms with van der Waals surface area (Å²) in [5.41, 5.74) is 1.26. The molecule has 190 valence electrons. The highest BCUT2D eigenvalue weighted by Crippen LogP contribution is 2.42. The summed E-state index contributed by atoms with van der Waals surface area (Å²) in [4.78, 5) is 14.1. The van der Waals surface area contributed by atoms with Gasteiger partial charge < -0.3 is 18.8 Å². The molecule has 0 N–H and O–H groups in total. The molecule has 0 aliphatic carbocycles. The quantitative estimate of drug-likeness (QED) is 0.233. The molecule has 1 aliphatic rings. The lowest BCUT2D eigenvalue weighted by atomic mass is 9.86. The van der Waals surface area contributed by atoms with E-state index in [1.807, 2.05) is 25.7 Å². The number of ether oxygens (including phenoxy) is 2. The van der Waals surface area contributed by atoms with Crippen LogP contribution in [-0.2, 0) is 13.9 Å². The standard InChI is InChI=1S/C26H53NO4Si/c1-20(2)32(21(3)4,22(5)6)30-18-12-17-29-26(10,11)19-23-13-15-27(16-14-23)24(28)31-25(7,8)9/h20-23H,12-19H2,1-11H3. The second-order valence-corrected chi connectivity index (χ2v) is 17.7. The monoisotopic (exact) mass is 471 g/mol. The number of piperidine rings is 1. The lowest BCUT2D eigenvalue weighted by molar-refractivity contribution is -0.0442. The van der Waals surface area contributed by atoms with Gasteiger partial charge in [-0.1, -0.05) is 41.5 Å². The molecular weight excluding hydrogens is 418 g/mol. The fraction of sp³-hybridized carbons (Fsp3) is 0.962. The van der Waals surface area contributed by atoms with Crippen LogP contribution in [0.15, 0.2) is 0 Å². The maximum Gasteiger partial charge on any atom is 0.410 e. The van der Waals surface area contributed by atoms with Crippen LogP contribution >= 0.6 is 0 Å². The average molecular weight is 472 g/mol. The number of carbonyl (C=O) groups excluding carboxylic acids is 1. The third kappa shape index (κ3) is 8.98. The summed E-state index contributed by atoms with van der Waals surface area (Å²) in [6.45, 7) is 27.2. The number of nitrogens with zero attached hydrogens (tertiary/aromatic N) is 1. The van der Waals surface area contributed by atoms with Crippen LogP contribution in [0.4, 0.5) is 4.79 Å². The summed E-state index contributed by atoms with van der Waals surface area (Å²) in [5, 5.41) is 0. The Morgan fingerprint density at radius 1 is 0.906 bits per heavy atom. The SMILES string of the molecule is CC(C)[Si](OCCCOC(C)(C)CC1CCN(C(=O)OC(C)(C)C)CC1)(C(C)C)C(C)C. The van der Waals surface area contributed by atoms with Crippen LogP contribution in [0, 0.1) is 5.92 Å². The van der Waals surface area contributed by atoms with E-state index >= 15 is 0 Å². The summed E-state index contributed by atoms with van der Waals surface area (Å²) >= 11 is 0. The minimum absolute atomic E-state index is 0.151. The van der Waals surface area contributed by atoms with Crippen molar-refractivity contribution >= 4 is 14.4 Å². The molecule has 5 nitrogen and oxygen atoms in total. The van der Waals surface area contributed by atoms with E-state index in [9.17, 15) is 4.79 Å². The van der Waals surface area contributed by atoms with E-state index in [4.69, 9.17) is 13.9 Å². The van der Waals surface area contributed by atoms with Crippen LogP contribution in [-0.4, -0.2) is 56.8 Å². The van der Waals surface area contributed by atoms with Crippen molar-refractivity contribution in [2.24, 2.45) is 5.92 Å². The molecule has 0 aromatic carbocycles. The van der Waals surface area contributed by atoms with Crippen molar-refractivity contribution in [1.82, 2.24) is 4.90 Å². The lowest BCUT2D eigenvalue weighted by Gasteiger charge is -2.42. The van der Waals surface area contributed by atoms with Gasteiger partial charge in [-0.2, -0.15) is 0 Å². The van der Waals surface area contributed by atoms with Crippen LogP contribution in [0.3, 0.4) is 0 Å². The largest absolute Gasteiger partial charge is 0.444 e. The van der Waals surface area contributed by atoms with Crippen molar-refractivity contribution in [3.63, 3.8) is 0 Å². The maximum atomic E-state index is 12.3. The van der Waals surface area contributed by atoms with Crippen LogP contribution in [0.5, 0.6) is 0 Å². The first-order valence-corrected chi connectivity index (χ1v) is 15.0. The number of likely N-dealkylation sites (tertiary alicyclic amines) is 1. The number of rotatable bonds is 11. The highest BCUT2D eigenvalue weighted by Gasteiger charge is 2.44. The van der Waals surface area contributed by atoms with Crippen molar-refractivity contribution < 1.29 is 18.7 Å². The van der Waals surface area contributed by atoms with Crippen molar-refractivity contribution in [2.75, 3.05) is 26.3 Å². The predicted octanol–water partition coefficient (Wildman–Crippen LogP) is 7.40. The Kier molecular flexibility index (Phi) is 11.2. The molecule has 0 aromatic heterocycles. The van der Waals surface area contributed by atoms with Gasteiger partial charge in [-0.05, 0) is 82.8 Å². The Labute approximate surface area is 200 Å². The van der Waals surface area contributed by atoms with Gasteiger partial charge in [0, 0.05) is 26.3 Å². The summed E-state index contributed by atoms with van der Waals surface area (Å²) in [5.74, 6) is 0.586. The molecule has 1 rings (SSSR count). The zero-order chi connectivity index (χ0) is 24.7. The van der Waals surface area contributed by atoms with Crippen molar-refractivity contribution in [3.8, 4) is 0 Å². The van der Waals surface area contributed by atoms with Gasteiger partial charge in [0.1, 0.15) is 5.60 Å². The molecule has 0 radical (unpaired) electrons. The average Bonchev–Trinajstić information content (AvgIpc) is 2.62. The van der Waals surface area contributed by atoms with E-state index < -0.39 is 13.9 Å². The first-order valence-electron chi connectivity index (χ1n) is 12.9. The van der Waals surface area contributed by atoms with Gasteiger partial charge in [0.25, 0.3) is 0 Å². The third-order valence-corrected chi connectivity index (χ3v) is 13.0. The van der Waals surface area contributed by atoms with E-state index in [-0.39, 0.29) is 11.7 Å². The normalized spacial score (nSPS) is 17.0. The molecule has 1 fully saturated rings.